The number of carboxylic acid groups (broad SMARTS) is 1. The number of benzene rings is 1. The van der Waals surface area contributed by atoms with Crippen molar-refractivity contribution in [2.75, 3.05) is 18.0 Å². The molecule has 0 radical (unpaired) electrons. The molecule has 2 N–H and O–H groups in total. The van der Waals surface area contributed by atoms with E-state index in [0.29, 0.717) is 0 Å². The summed E-state index contributed by atoms with van der Waals surface area (Å²) in [6.45, 7) is 0.489. The monoisotopic (exact) mass is 316 g/mol. The lowest BCUT2D eigenvalue weighted by molar-refractivity contribution is -0.178. The van der Waals surface area contributed by atoms with Crippen LogP contribution in [0.2, 0.25) is 0 Å². The maximum Gasteiger partial charge on any atom is 0.471 e. The van der Waals surface area contributed by atoms with Gasteiger partial charge in [-0.15, -0.1) is 0 Å². The summed E-state index contributed by atoms with van der Waals surface area (Å²) in [6, 6.07) is 9.14. The first-order valence-electron chi connectivity index (χ1n) is 6.67. The Morgan fingerprint density at radius 3 is 2.14 bits per heavy atom. The van der Waals surface area contributed by atoms with Crippen LogP contribution in [0.25, 0.3) is 0 Å². The first-order valence-corrected chi connectivity index (χ1v) is 6.67. The largest absolute Gasteiger partial charge is 0.480 e. The van der Waals surface area contributed by atoms with Gasteiger partial charge in [0.15, 0.2) is 0 Å². The third-order valence-corrected chi connectivity index (χ3v) is 3.76. The van der Waals surface area contributed by atoms with Crippen molar-refractivity contribution in [3.05, 3.63) is 30.3 Å². The van der Waals surface area contributed by atoms with Crippen molar-refractivity contribution in [2.24, 2.45) is 0 Å². The third kappa shape index (κ3) is 3.32. The number of halogens is 3. The smallest absolute Gasteiger partial charge is 0.471 e. The molecule has 1 heterocycles. The number of nitrogens with zero attached hydrogens (tertiary/aromatic N) is 1. The number of carbonyl (C=O) groups excluding carboxylic acids is 1. The van der Waals surface area contributed by atoms with Gasteiger partial charge in [0.25, 0.3) is 0 Å². The van der Waals surface area contributed by atoms with Crippen LogP contribution in [0.4, 0.5) is 18.9 Å². The number of hydrogen-bond donors (Lipinski definition) is 2. The molecule has 5 nitrogen and oxygen atoms in total. The number of alkyl halides is 3. The number of anilines is 1. The van der Waals surface area contributed by atoms with E-state index in [1.807, 2.05) is 35.2 Å². The standard InChI is InChI=1S/C14H15F3N2O3/c15-14(16,17)11(20)18-13(12(21)22)6-8-19(9-7-13)10-4-2-1-3-5-10/h1-5H,6-9H2,(H,18,20)(H,21,22). The maximum absolute atomic E-state index is 12.4. The summed E-state index contributed by atoms with van der Waals surface area (Å²) in [4.78, 5) is 24.3. The van der Waals surface area contributed by atoms with E-state index in [0.717, 1.165) is 5.69 Å². The second-order valence-electron chi connectivity index (χ2n) is 5.16. The molecular formula is C14H15F3N2O3. The molecule has 0 aliphatic carbocycles. The Balaban J connectivity index is 2.10. The number of carbonyl (C=O) groups is 2. The summed E-state index contributed by atoms with van der Waals surface area (Å²) in [5, 5.41) is 10.9. The summed E-state index contributed by atoms with van der Waals surface area (Å²) in [7, 11) is 0. The first-order chi connectivity index (χ1) is 10.2. The van der Waals surface area contributed by atoms with Gasteiger partial charge in [0, 0.05) is 18.8 Å². The Bertz CT molecular complexity index is 552. The number of nitrogens with one attached hydrogen (secondary N) is 1. The molecular weight excluding hydrogens is 301 g/mol. The molecule has 1 aliphatic rings. The molecule has 22 heavy (non-hydrogen) atoms. The molecule has 1 amide bonds. The number of carboxylic acids is 1. The zero-order valence-electron chi connectivity index (χ0n) is 11.6. The minimum Gasteiger partial charge on any atom is -0.480 e. The Hall–Kier alpha value is -2.25. The van der Waals surface area contributed by atoms with Crippen LogP contribution in [0.3, 0.4) is 0 Å². The molecule has 1 aromatic carbocycles. The van der Waals surface area contributed by atoms with Crippen LogP contribution < -0.4 is 10.2 Å². The highest BCUT2D eigenvalue weighted by Crippen LogP contribution is 2.28. The van der Waals surface area contributed by atoms with Crippen molar-refractivity contribution in [1.29, 1.82) is 0 Å². The lowest BCUT2D eigenvalue weighted by Crippen LogP contribution is -2.62. The second-order valence-corrected chi connectivity index (χ2v) is 5.16. The summed E-state index contributed by atoms with van der Waals surface area (Å²) < 4.78 is 37.1. The molecule has 120 valence electrons. The summed E-state index contributed by atoms with van der Waals surface area (Å²) in [5.41, 5.74) is -1.01. The van der Waals surface area contributed by atoms with E-state index in [4.69, 9.17) is 0 Å². The van der Waals surface area contributed by atoms with Gasteiger partial charge in [-0.3, -0.25) is 4.79 Å². The van der Waals surface area contributed by atoms with Crippen LogP contribution in [-0.4, -0.2) is 41.8 Å². The van der Waals surface area contributed by atoms with Crippen LogP contribution in [-0.2, 0) is 9.59 Å². The Kier molecular flexibility index (Phi) is 4.30. The van der Waals surface area contributed by atoms with Crippen LogP contribution in [0.1, 0.15) is 12.8 Å². The van der Waals surface area contributed by atoms with Gasteiger partial charge in [0.2, 0.25) is 0 Å². The normalized spacial score (nSPS) is 17.9. The average Bonchev–Trinajstić information content (AvgIpc) is 2.47. The fraction of sp³-hybridized carbons (Fsp3) is 0.429. The fourth-order valence-electron chi connectivity index (χ4n) is 2.47. The average molecular weight is 316 g/mol. The van der Waals surface area contributed by atoms with Gasteiger partial charge in [0.05, 0.1) is 0 Å². The highest BCUT2D eigenvalue weighted by molar-refractivity contribution is 5.89. The number of amides is 1. The van der Waals surface area contributed by atoms with E-state index in [2.05, 4.69) is 0 Å². The van der Waals surface area contributed by atoms with Gasteiger partial charge in [-0.1, -0.05) is 18.2 Å². The summed E-state index contributed by atoms with van der Waals surface area (Å²) in [6.07, 6.45) is -5.29. The van der Waals surface area contributed by atoms with E-state index in [1.54, 1.807) is 5.32 Å². The molecule has 0 unspecified atom stereocenters. The molecule has 0 atom stereocenters. The molecule has 1 aliphatic heterocycles. The van der Waals surface area contributed by atoms with E-state index in [1.165, 1.54) is 0 Å². The zero-order valence-corrected chi connectivity index (χ0v) is 11.6. The Morgan fingerprint density at radius 1 is 1.14 bits per heavy atom. The van der Waals surface area contributed by atoms with Crippen LogP contribution in [0, 0.1) is 0 Å². The molecule has 8 heteroatoms. The SMILES string of the molecule is O=C(NC1(C(=O)O)CCN(c2ccccc2)CC1)C(F)(F)F. The number of para-hydroxylation sites is 1. The van der Waals surface area contributed by atoms with Gasteiger partial charge >= 0.3 is 18.1 Å². The molecule has 1 saturated heterocycles. The predicted octanol–water partition coefficient (Wildman–Crippen LogP) is 1.79. The lowest BCUT2D eigenvalue weighted by atomic mass is 9.87. The zero-order chi connectivity index (χ0) is 16.4. The van der Waals surface area contributed by atoms with Gasteiger partial charge in [0.1, 0.15) is 5.54 Å². The minimum atomic E-state index is -5.10. The molecule has 0 saturated carbocycles. The van der Waals surface area contributed by atoms with Crippen LogP contribution in [0.15, 0.2) is 30.3 Å². The molecule has 2 rings (SSSR count). The number of aliphatic carboxylic acids is 1. The topological polar surface area (TPSA) is 69.6 Å². The lowest BCUT2D eigenvalue weighted by Gasteiger charge is -2.40. The highest BCUT2D eigenvalue weighted by atomic mass is 19.4. The third-order valence-electron chi connectivity index (χ3n) is 3.76. The van der Waals surface area contributed by atoms with E-state index >= 15 is 0 Å². The first kappa shape index (κ1) is 16.1. The van der Waals surface area contributed by atoms with E-state index in [-0.39, 0.29) is 25.9 Å². The quantitative estimate of drug-likeness (QED) is 0.892. The maximum atomic E-state index is 12.4. The van der Waals surface area contributed by atoms with Crippen molar-refractivity contribution < 1.29 is 27.9 Å². The minimum absolute atomic E-state index is 0.0982. The van der Waals surface area contributed by atoms with E-state index in [9.17, 15) is 27.9 Å². The molecule has 0 spiro atoms. The van der Waals surface area contributed by atoms with Crippen molar-refractivity contribution in [1.82, 2.24) is 5.32 Å². The van der Waals surface area contributed by atoms with Crippen LogP contribution >= 0.6 is 0 Å². The molecule has 0 bridgehead atoms. The van der Waals surface area contributed by atoms with Gasteiger partial charge in [-0.05, 0) is 25.0 Å². The number of hydrogen-bond acceptors (Lipinski definition) is 3. The predicted molar refractivity (Wildman–Crippen MR) is 72.5 cm³/mol. The van der Waals surface area contributed by atoms with Gasteiger partial charge in [-0.2, -0.15) is 13.2 Å². The summed E-state index contributed by atoms with van der Waals surface area (Å²) in [5.74, 6) is -3.67. The summed E-state index contributed by atoms with van der Waals surface area (Å²) >= 11 is 0. The number of rotatable bonds is 3. The van der Waals surface area contributed by atoms with Crippen molar-refractivity contribution in [3.8, 4) is 0 Å². The second kappa shape index (κ2) is 5.86. The fourth-order valence-corrected chi connectivity index (χ4v) is 2.47. The van der Waals surface area contributed by atoms with Crippen molar-refractivity contribution in [3.63, 3.8) is 0 Å². The molecule has 0 aromatic heterocycles. The van der Waals surface area contributed by atoms with E-state index < -0.39 is 23.6 Å². The van der Waals surface area contributed by atoms with Crippen LogP contribution in [0.5, 0.6) is 0 Å². The van der Waals surface area contributed by atoms with Crippen molar-refractivity contribution in [2.45, 2.75) is 24.6 Å². The molecule has 1 fully saturated rings. The highest BCUT2D eigenvalue weighted by Gasteiger charge is 2.49. The Morgan fingerprint density at radius 2 is 1.68 bits per heavy atom. The Labute approximate surface area is 124 Å². The van der Waals surface area contributed by atoms with Gasteiger partial charge < -0.3 is 15.3 Å². The van der Waals surface area contributed by atoms with Crippen molar-refractivity contribution >= 4 is 17.6 Å². The number of piperidine rings is 1. The van der Waals surface area contributed by atoms with Gasteiger partial charge in [-0.25, -0.2) is 4.79 Å². The molecule has 1 aromatic rings.